The Morgan fingerprint density at radius 3 is 2.51 bits per heavy atom. The molecular weight excluding hydrogens is 478 g/mol. The summed E-state index contributed by atoms with van der Waals surface area (Å²) in [7, 11) is 1.52. The molecule has 2 aliphatic heterocycles. The smallest absolute Gasteiger partial charge is 0.295 e. The van der Waals surface area contributed by atoms with Crippen LogP contribution in [0.25, 0.3) is 5.76 Å². The molecule has 2 aliphatic rings. The Kier molecular flexibility index (Phi) is 8.55. The van der Waals surface area contributed by atoms with Gasteiger partial charge in [-0.1, -0.05) is 19.4 Å². The third-order valence-electron chi connectivity index (χ3n) is 6.23. The molecule has 2 heterocycles. The predicted octanol–water partition coefficient (Wildman–Crippen LogP) is 4.10. The van der Waals surface area contributed by atoms with E-state index in [1.54, 1.807) is 36.4 Å². The van der Waals surface area contributed by atoms with Crippen molar-refractivity contribution in [1.82, 2.24) is 4.90 Å². The van der Waals surface area contributed by atoms with Gasteiger partial charge in [0, 0.05) is 19.2 Å². The van der Waals surface area contributed by atoms with E-state index in [0.717, 1.165) is 12.8 Å². The molecular formula is C28H33NO8. The van der Waals surface area contributed by atoms with Crippen LogP contribution in [0.15, 0.2) is 42.0 Å². The second kappa shape index (κ2) is 12.0. The van der Waals surface area contributed by atoms with Crippen molar-refractivity contribution in [1.29, 1.82) is 0 Å². The summed E-state index contributed by atoms with van der Waals surface area (Å²) in [5, 5.41) is 11.4. The molecule has 1 fully saturated rings. The number of carbonyl (C=O) groups is 2. The fourth-order valence-electron chi connectivity index (χ4n) is 4.40. The Labute approximate surface area is 216 Å². The van der Waals surface area contributed by atoms with Crippen LogP contribution in [-0.2, 0) is 14.3 Å². The molecule has 1 amide bonds. The molecule has 198 valence electrons. The molecule has 0 unspecified atom stereocenters. The highest BCUT2D eigenvalue weighted by Crippen LogP contribution is 2.43. The zero-order valence-electron chi connectivity index (χ0n) is 21.5. The highest BCUT2D eigenvalue weighted by molar-refractivity contribution is 6.46. The number of hydrogen-bond acceptors (Lipinski definition) is 8. The number of aliphatic hydroxyl groups excluding tert-OH is 1. The van der Waals surface area contributed by atoms with E-state index in [1.165, 1.54) is 12.0 Å². The Bertz CT molecular complexity index is 1170. The van der Waals surface area contributed by atoms with Crippen LogP contribution in [0.3, 0.4) is 0 Å². The molecule has 2 aromatic carbocycles. The molecule has 0 bridgehead atoms. The van der Waals surface area contributed by atoms with E-state index in [1.807, 2.05) is 6.92 Å². The molecule has 0 aliphatic carbocycles. The monoisotopic (exact) mass is 511 g/mol. The van der Waals surface area contributed by atoms with Gasteiger partial charge in [0.25, 0.3) is 11.7 Å². The minimum Gasteiger partial charge on any atom is -0.507 e. The van der Waals surface area contributed by atoms with E-state index in [0.29, 0.717) is 60.6 Å². The number of benzene rings is 2. The first-order chi connectivity index (χ1) is 18.0. The predicted molar refractivity (Wildman–Crippen MR) is 136 cm³/mol. The van der Waals surface area contributed by atoms with Crippen molar-refractivity contribution in [2.24, 2.45) is 0 Å². The maximum absolute atomic E-state index is 13.3. The zero-order valence-corrected chi connectivity index (χ0v) is 21.5. The number of carbonyl (C=O) groups excluding carboxylic acids is 2. The summed E-state index contributed by atoms with van der Waals surface area (Å²) in [4.78, 5) is 27.8. The third kappa shape index (κ3) is 5.51. The number of ether oxygens (including phenoxy) is 5. The van der Waals surface area contributed by atoms with Crippen molar-refractivity contribution < 1.29 is 38.4 Å². The van der Waals surface area contributed by atoms with Crippen molar-refractivity contribution in [3.05, 3.63) is 53.1 Å². The second-order valence-electron chi connectivity index (χ2n) is 8.68. The number of methoxy groups -OCH3 is 1. The summed E-state index contributed by atoms with van der Waals surface area (Å²) in [5.41, 5.74) is 0.948. The van der Waals surface area contributed by atoms with E-state index in [2.05, 4.69) is 6.92 Å². The lowest BCUT2D eigenvalue weighted by molar-refractivity contribution is -0.140. The number of rotatable bonds is 11. The van der Waals surface area contributed by atoms with Crippen molar-refractivity contribution in [2.45, 2.75) is 32.7 Å². The second-order valence-corrected chi connectivity index (χ2v) is 8.68. The van der Waals surface area contributed by atoms with Crippen LogP contribution in [-0.4, -0.2) is 68.4 Å². The van der Waals surface area contributed by atoms with E-state index in [4.69, 9.17) is 23.7 Å². The molecule has 0 spiro atoms. The van der Waals surface area contributed by atoms with Gasteiger partial charge in [-0.2, -0.15) is 0 Å². The molecule has 1 atom stereocenters. The maximum Gasteiger partial charge on any atom is 0.295 e. The standard InChI is InChI=1S/C28H33NO8/c1-4-6-12-35-20-9-7-18(16-22(20)34-5-2)25-24(27(31)28(32)29(25)11-13-33-3)26(30)19-8-10-21-23(17-19)37-15-14-36-21/h7-10,16-17,25,30H,4-6,11-15H2,1-3H3/b26-24+/t25-/m1/s1. The molecule has 2 aromatic rings. The summed E-state index contributed by atoms with van der Waals surface area (Å²) < 4.78 is 28.1. The van der Waals surface area contributed by atoms with Crippen LogP contribution < -0.4 is 18.9 Å². The normalized spacial score (nSPS) is 18.2. The first kappa shape index (κ1) is 26.3. The number of amides is 1. The summed E-state index contributed by atoms with van der Waals surface area (Å²) >= 11 is 0. The van der Waals surface area contributed by atoms with Crippen LogP contribution in [0.2, 0.25) is 0 Å². The Balaban J connectivity index is 1.80. The molecule has 0 aromatic heterocycles. The maximum atomic E-state index is 13.3. The number of fused-ring (bicyclic) bond motifs is 1. The van der Waals surface area contributed by atoms with Crippen LogP contribution in [0.4, 0.5) is 0 Å². The minimum atomic E-state index is -0.841. The van der Waals surface area contributed by atoms with E-state index in [9.17, 15) is 14.7 Å². The molecule has 0 radical (unpaired) electrons. The fraction of sp³-hybridized carbons (Fsp3) is 0.429. The van der Waals surface area contributed by atoms with Gasteiger partial charge in [-0.3, -0.25) is 9.59 Å². The van der Waals surface area contributed by atoms with Gasteiger partial charge >= 0.3 is 0 Å². The first-order valence-electron chi connectivity index (χ1n) is 12.6. The molecule has 9 nitrogen and oxygen atoms in total. The van der Waals surface area contributed by atoms with Crippen LogP contribution in [0.5, 0.6) is 23.0 Å². The molecule has 1 saturated heterocycles. The average Bonchev–Trinajstić information content (AvgIpc) is 3.17. The zero-order chi connectivity index (χ0) is 26.4. The summed E-state index contributed by atoms with van der Waals surface area (Å²) in [6, 6.07) is 9.41. The Morgan fingerprint density at radius 1 is 1.00 bits per heavy atom. The Morgan fingerprint density at radius 2 is 1.78 bits per heavy atom. The van der Waals surface area contributed by atoms with E-state index >= 15 is 0 Å². The number of hydrogen-bond donors (Lipinski definition) is 1. The molecule has 0 saturated carbocycles. The van der Waals surface area contributed by atoms with Crippen molar-refractivity contribution in [3.8, 4) is 23.0 Å². The van der Waals surface area contributed by atoms with Gasteiger partial charge in [0.1, 0.15) is 19.0 Å². The van der Waals surface area contributed by atoms with Crippen molar-refractivity contribution in [2.75, 3.05) is 46.7 Å². The van der Waals surface area contributed by atoms with Gasteiger partial charge in [0.2, 0.25) is 0 Å². The van der Waals surface area contributed by atoms with Crippen LogP contribution in [0.1, 0.15) is 43.9 Å². The number of unbranched alkanes of at least 4 members (excludes halogenated alkanes) is 1. The van der Waals surface area contributed by atoms with Gasteiger partial charge in [0.05, 0.1) is 31.4 Å². The number of ketones is 1. The summed E-state index contributed by atoms with van der Waals surface area (Å²) in [6.45, 7) is 6.12. The Hall–Kier alpha value is -3.72. The van der Waals surface area contributed by atoms with Crippen molar-refractivity contribution >= 4 is 17.4 Å². The summed E-state index contributed by atoms with van der Waals surface area (Å²) in [5.74, 6) is 0.346. The minimum absolute atomic E-state index is 0.0140. The quantitative estimate of drug-likeness (QED) is 0.208. The van der Waals surface area contributed by atoms with Gasteiger partial charge in [-0.25, -0.2) is 0 Å². The number of Topliss-reactive ketones (excluding diaryl/α,β-unsaturated/α-hetero) is 1. The molecule has 37 heavy (non-hydrogen) atoms. The van der Waals surface area contributed by atoms with Gasteiger partial charge in [-0.05, 0) is 49.2 Å². The van der Waals surface area contributed by atoms with Crippen LogP contribution in [0, 0.1) is 0 Å². The lowest BCUT2D eigenvalue weighted by Crippen LogP contribution is -2.32. The SMILES string of the molecule is CCCCOc1ccc([C@@H]2/C(=C(\O)c3ccc4c(c3)OCCO4)C(=O)C(=O)N2CCOC)cc1OCC. The van der Waals surface area contributed by atoms with Crippen molar-refractivity contribution in [3.63, 3.8) is 0 Å². The van der Waals surface area contributed by atoms with E-state index < -0.39 is 17.7 Å². The van der Waals surface area contributed by atoms with E-state index in [-0.39, 0.29) is 24.5 Å². The van der Waals surface area contributed by atoms with Gasteiger partial charge in [0.15, 0.2) is 23.0 Å². The fourth-order valence-corrected chi connectivity index (χ4v) is 4.40. The summed E-state index contributed by atoms with van der Waals surface area (Å²) in [6.07, 6.45) is 1.90. The van der Waals surface area contributed by atoms with Gasteiger partial charge < -0.3 is 33.7 Å². The lowest BCUT2D eigenvalue weighted by atomic mass is 9.94. The lowest BCUT2D eigenvalue weighted by Gasteiger charge is -2.26. The third-order valence-corrected chi connectivity index (χ3v) is 6.23. The number of nitrogens with zero attached hydrogens (tertiary/aromatic N) is 1. The average molecular weight is 512 g/mol. The first-order valence-corrected chi connectivity index (χ1v) is 12.6. The molecule has 1 N–H and O–H groups in total. The largest absolute Gasteiger partial charge is 0.507 e. The highest BCUT2D eigenvalue weighted by atomic mass is 16.6. The molecule has 9 heteroatoms. The topological polar surface area (TPSA) is 104 Å². The number of aliphatic hydroxyl groups is 1. The van der Waals surface area contributed by atoms with Crippen LogP contribution >= 0.6 is 0 Å². The number of likely N-dealkylation sites (tertiary alicyclic amines) is 1. The highest BCUT2D eigenvalue weighted by Gasteiger charge is 2.46. The van der Waals surface area contributed by atoms with Gasteiger partial charge in [-0.15, -0.1) is 0 Å². The molecule has 4 rings (SSSR count).